The van der Waals surface area contributed by atoms with Crippen LogP contribution in [0.5, 0.6) is 11.5 Å². The van der Waals surface area contributed by atoms with Gasteiger partial charge in [0.2, 0.25) is 0 Å². The summed E-state index contributed by atoms with van der Waals surface area (Å²) < 4.78 is 15.5. The summed E-state index contributed by atoms with van der Waals surface area (Å²) in [6.07, 6.45) is 8.24. The standard InChI is InChI=1S/C21H28N2O6/c1-27-18-13-16(7-9-17(18)28-14-19(22)24)8-10-21(26)29-15-20(25)23-11-5-3-2-4-6-12-23/h7-10,13H,2-6,11-12,14-15H2,1H3,(H2,22,24)/b10-8+. The van der Waals surface area contributed by atoms with E-state index in [9.17, 15) is 14.4 Å². The maximum Gasteiger partial charge on any atom is 0.331 e. The number of benzene rings is 1. The number of primary amides is 1. The Bertz CT molecular complexity index is 739. The third-order valence-corrected chi connectivity index (χ3v) is 4.52. The fourth-order valence-electron chi connectivity index (χ4n) is 2.99. The monoisotopic (exact) mass is 404 g/mol. The minimum absolute atomic E-state index is 0.161. The molecule has 158 valence electrons. The smallest absolute Gasteiger partial charge is 0.331 e. The molecule has 0 aromatic heterocycles. The molecule has 0 spiro atoms. The molecule has 1 aromatic rings. The number of ether oxygens (including phenoxy) is 3. The fraction of sp³-hybridized carbons (Fsp3) is 0.476. The summed E-state index contributed by atoms with van der Waals surface area (Å²) >= 11 is 0. The van der Waals surface area contributed by atoms with Crippen molar-refractivity contribution in [3.05, 3.63) is 29.8 Å². The van der Waals surface area contributed by atoms with Gasteiger partial charge in [-0.25, -0.2) is 4.79 Å². The van der Waals surface area contributed by atoms with Crippen LogP contribution in [-0.4, -0.2) is 56.1 Å². The Hall–Kier alpha value is -3.03. The molecule has 1 fully saturated rings. The van der Waals surface area contributed by atoms with Crippen molar-refractivity contribution in [2.75, 3.05) is 33.4 Å². The Kier molecular flexibility index (Phi) is 9.01. The molecule has 1 saturated heterocycles. The van der Waals surface area contributed by atoms with E-state index >= 15 is 0 Å². The van der Waals surface area contributed by atoms with Crippen LogP contribution in [0.4, 0.5) is 0 Å². The fourth-order valence-corrected chi connectivity index (χ4v) is 2.99. The van der Waals surface area contributed by atoms with Crippen LogP contribution in [0.25, 0.3) is 6.08 Å². The van der Waals surface area contributed by atoms with Gasteiger partial charge >= 0.3 is 5.97 Å². The zero-order valence-electron chi connectivity index (χ0n) is 16.7. The third kappa shape index (κ3) is 7.85. The van der Waals surface area contributed by atoms with Gasteiger partial charge in [-0.05, 0) is 36.6 Å². The molecule has 1 aliphatic heterocycles. The summed E-state index contributed by atoms with van der Waals surface area (Å²) in [6.45, 7) is 0.918. The normalized spacial score (nSPS) is 14.7. The molecule has 0 unspecified atom stereocenters. The minimum atomic E-state index is -0.599. The van der Waals surface area contributed by atoms with Crippen LogP contribution in [0.1, 0.15) is 37.7 Å². The van der Waals surface area contributed by atoms with Gasteiger partial charge in [0.1, 0.15) is 0 Å². The first-order chi connectivity index (χ1) is 14.0. The number of rotatable bonds is 8. The predicted molar refractivity (Wildman–Crippen MR) is 107 cm³/mol. The Morgan fingerprint density at radius 3 is 2.38 bits per heavy atom. The first-order valence-corrected chi connectivity index (χ1v) is 9.71. The number of hydrogen-bond acceptors (Lipinski definition) is 6. The van der Waals surface area contributed by atoms with Gasteiger partial charge in [0.15, 0.2) is 24.7 Å². The second kappa shape index (κ2) is 11.7. The summed E-state index contributed by atoms with van der Waals surface area (Å²) in [4.78, 5) is 36.8. The van der Waals surface area contributed by atoms with Gasteiger partial charge in [-0.15, -0.1) is 0 Å². The number of hydrogen-bond donors (Lipinski definition) is 1. The number of esters is 1. The molecule has 2 amide bonds. The van der Waals surface area contributed by atoms with Gasteiger partial charge in [-0.2, -0.15) is 0 Å². The van der Waals surface area contributed by atoms with E-state index in [1.807, 2.05) is 0 Å². The molecule has 1 aromatic carbocycles. The third-order valence-electron chi connectivity index (χ3n) is 4.52. The highest BCUT2D eigenvalue weighted by molar-refractivity contribution is 5.89. The van der Waals surface area contributed by atoms with Crippen LogP contribution in [0, 0.1) is 0 Å². The molecular weight excluding hydrogens is 376 g/mol. The van der Waals surface area contributed by atoms with Gasteiger partial charge in [0.05, 0.1) is 7.11 Å². The Morgan fingerprint density at radius 2 is 1.72 bits per heavy atom. The molecule has 0 atom stereocenters. The summed E-state index contributed by atoms with van der Waals surface area (Å²) in [6, 6.07) is 4.94. The van der Waals surface area contributed by atoms with E-state index in [1.54, 1.807) is 29.2 Å². The predicted octanol–water partition coefficient (Wildman–Crippen LogP) is 1.91. The number of methoxy groups -OCH3 is 1. The topological polar surface area (TPSA) is 108 Å². The van der Waals surface area contributed by atoms with Crippen molar-refractivity contribution < 1.29 is 28.6 Å². The number of amides is 2. The lowest BCUT2D eigenvalue weighted by Gasteiger charge is -2.24. The maximum absolute atomic E-state index is 12.2. The van der Waals surface area contributed by atoms with Crippen molar-refractivity contribution >= 4 is 23.9 Å². The molecule has 8 nitrogen and oxygen atoms in total. The highest BCUT2D eigenvalue weighted by atomic mass is 16.5. The SMILES string of the molecule is COc1cc(/C=C/C(=O)OCC(=O)N2CCCCCCC2)ccc1OCC(N)=O. The number of likely N-dealkylation sites (tertiary alicyclic amines) is 1. The van der Waals surface area contributed by atoms with Gasteiger partial charge in [0.25, 0.3) is 11.8 Å². The van der Waals surface area contributed by atoms with Crippen molar-refractivity contribution in [3.8, 4) is 11.5 Å². The van der Waals surface area contributed by atoms with Crippen LogP contribution >= 0.6 is 0 Å². The van der Waals surface area contributed by atoms with Crippen molar-refractivity contribution in [2.24, 2.45) is 5.73 Å². The molecule has 0 aliphatic carbocycles. The van der Waals surface area contributed by atoms with E-state index in [0.29, 0.717) is 17.1 Å². The van der Waals surface area contributed by atoms with Gasteiger partial charge in [-0.3, -0.25) is 9.59 Å². The largest absolute Gasteiger partial charge is 0.493 e. The number of carbonyl (C=O) groups excluding carboxylic acids is 3. The van der Waals surface area contributed by atoms with Crippen molar-refractivity contribution in [3.63, 3.8) is 0 Å². The zero-order valence-corrected chi connectivity index (χ0v) is 16.7. The van der Waals surface area contributed by atoms with Gasteiger partial charge in [0, 0.05) is 19.2 Å². The Morgan fingerprint density at radius 1 is 1.03 bits per heavy atom. The van der Waals surface area contributed by atoms with Gasteiger partial charge in [-0.1, -0.05) is 25.3 Å². The van der Waals surface area contributed by atoms with Gasteiger partial charge < -0.3 is 24.8 Å². The first-order valence-electron chi connectivity index (χ1n) is 9.71. The molecule has 1 heterocycles. The van der Waals surface area contributed by atoms with E-state index in [-0.39, 0.29) is 19.1 Å². The lowest BCUT2D eigenvalue weighted by molar-refractivity contribution is -0.148. The highest BCUT2D eigenvalue weighted by Gasteiger charge is 2.16. The average molecular weight is 404 g/mol. The molecule has 29 heavy (non-hydrogen) atoms. The van der Waals surface area contributed by atoms with Crippen LogP contribution in [0.2, 0.25) is 0 Å². The lowest BCUT2D eigenvalue weighted by Crippen LogP contribution is -2.36. The van der Waals surface area contributed by atoms with E-state index in [1.165, 1.54) is 19.6 Å². The Balaban J connectivity index is 1.86. The Labute approximate surface area is 170 Å². The molecule has 0 radical (unpaired) electrons. The molecule has 0 saturated carbocycles. The molecule has 8 heteroatoms. The van der Waals surface area contributed by atoms with E-state index in [4.69, 9.17) is 19.9 Å². The lowest BCUT2D eigenvalue weighted by atomic mass is 10.1. The van der Waals surface area contributed by atoms with Crippen molar-refractivity contribution in [2.45, 2.75) is 32.1 Å². The first kappa shape index (κ1) is 22.3. The van der Waals surface area contributed by atoms with Crippen molar-refractivity contribution in [1.82, 2.24) is 4.90 Å². The average Bonchev–Trinajstić information content (AvgIpc) is 2.68. The van der Waals surface area contributed by atoms with E-state index in [0.717, 1.165) is 38.8 Å². The molecular formula is C21H28N2O6. The summed E-state index contributed by atoms with van der Waals surface area (Å²) in [5.74, 6) is -0.590. The van der Waals surface area contributed by atoms with E-state index in [2.05, 4.69) is 0 Å². The zero-order chi connectivity index (χ0) is 21.1. The van der Waals surface area contributed by atoms with Crippen LogP contribution in [0.3, 0.4) is 0 Å². The summed E-state index contributed by atoms with van der Waals surface area (Å²) in [5, 5.41) is 0. The number of nitrogens with two attached hydrogens (primary N) is 1. The second-order valence-corrected chi connectivity index (χ2v) is 6.75. The highest BCUT2D eigenvalue weighted by Crippen LogP contribution is 2.28. The van der Waals surface area contributed by atoms with Crippen molar-refractivity contribution in [1.29, 1.82) is 0 Å². The van der Waals surface area contributed by atoms with Crippen LogP contribution in [0.15, 0.2) is 24.3 Å². The summed E-state index contributed by atoms with van der Waals surface area (Å²) in [7, 11) is 1.46. The molecule has 2 N–H and O–H groups in total. The molecule has 1 aliphatic rings. The summed E-state index contributed by atoms with van der Waals surface area (Å²) in [5.41, 5.74) is 5.73. The second-order valence-electron chi connectivity index (χ2n) is 6.75. The number of nitrogens with zero attached hydrogens (tertiary/aromatic N) is 1. The quantitative estimate of drug-likeness (QED) is 0.524. The number of carbonyl (C=O) groups is 3. The van der Waals surface area contributed by atoms with E-state index < -0.39 is 11.9 Å². The maximum atomic E-state index is 12.2. The minimum Gasteiger partial charge on any atom is -0.493 e. The van der Waals surface area contributed by atoms with Crippen LogP contribution in [-0.2, 0) is 19.1 Å². The molecule has 2 rings (SSSR count). The van der Waals surface area contributed by atoms with Crippen LogP contribution < -0.4 is 15.2 Å². The molecule has 0 bridgehead atoms.